The zero-order chi connectivity index (χ0) is 32.9. The van der Waals surface area contributed by atoms with E-state index in [4.69, 9.17) is 19.4 Å². The molecule has 0 saturated carbocycles. The molecule has 4 aromatic heterocycles. The van der Waals surface area contributed by atoms with E-state index >= 15 is 0 Å². The van der Waals surface area contributed by atoms with Crippen molar-refractivity contribution >= 4 is 66.7 Å². The van der Waals surface area contributed by atoms with E-state index in [0.717, 1.165) is 93.6 Å². The Hall–Kier alpha value is -6.72. The molecule has 0 aliphatic carbocycles. The van der Waals surface area contributed by atoms with Crippen LogP contribution in [-0.2, 0) is 0 Å². The predicted octanol–water partition coefficient (Wildman–Crippen LogP) is 11.5. The average Bonchev–Trinajstić information content (AvgIpc) is 3.55. The summed E-state index contributed by atoms with van der Waals surface area (Å²) >= 11 is 0. The average molecular weight is 629 g/mol. The van der Waals surface area contributed by atoms with Crippen molar-refractivity contribution in [3.63, 3.8) is 0 Å². The van der Waals surface area contributed by atoms with E-state index in [1.165, 1.54) is 0 Å². The van der Waals surface area contributed by atoms with Crippen LogP contribution in [0.15, 0.2) is 151 Å². The number of benzene rings is 5. The zero-order valence-electron chi connectivity index (χ0n) is 26.5. The standard InChI is InChI=1S/C44H28N4O/c1-3-5-10-27-19-20-34-32(23-24-45-42(34)31(27)4-2)30-25-46-44(47-26-30)29-17-15-28(16-18-29)41-37-22-21-35-33-11-7-9-14-39(33)49-43(35)40(37)36-12-6-8-13-38(36)48-41/h3-26H,1-2H2/b10-5-. The quantitative estimate of drug-likeness (QED) is 0.135. The van der Waals surface area contributed by atoms with Crippen LogP contribution >= 0.6 is 0 Å². The van der Waals surface area contributed by atoms with Crippen LogP contribution in [0.2, 0.25) is 0 Å². The maximum Gasteiger partial charge on any atom is 0.159 e. The predicted molar refractivity (Wildman–Crippen MR) is 203 cm³/mol. The summed E-state index contributed by atoms with van der Waals surface area (Å²) in [5.41, 5.74) is 10.4. The molecule has 0 bridgehead atoms. The molecule has 230 valence electrons. The molecule has 0 radical (unpaired) electrons. The number of aromatic nitrogens is 4. The number of pyridine rings is 2. The zero-order valence-corrected chi connectivity index (χ0v) is 26.5. The van der Waals surface area contributed by atoms with Crippen molar-refractivity contribution in [2.75, 3.05) is 0 Å². The summed E-state index contributed by atoms with van der Waals surface area (Å²) in [5, 5.41) is 6.43. The largest absolute Gasteiger partial charge is 0.455 e. The van der Waals surface area contributed by atoms with Gasteiger partial charge in [0.2, 0.25) is 0 Å². The van der Waals surface area contributed by atoms with Gasteiger partial charge in [-0.15, -0.1) is 0 Å². The van der Waals surface area contributed by atoms with Gasteiger partial charge in [-0.05, 0) is 35.4 Å². The number of para-hydroxylation sites is 2. The van der Waals surface area contributed by atoms with Gasteiger partial charge in [-0.25, -0.2) is 15.0 Å². The van der Waals surface area contributed by atoms with E-state index in [2.05, 4.69) is 97.0 Å². The third-order valence-corrected chi connectivity index (χ3v) is 9.19. The van der Waals surface area contributed by atoms with Crippen LogP contribution in [0.3, 0.4) is 0 Å². The molecule has 0 aliphatic heterocycles. The highest BCUT2D eigenvalue weighted by atomic mass is 16.3. The normalized spacial score (nSPS) is 11.8. The number of furan rings is 1. The van der Waals surface area contributed by atoms with Gasteiger partial charge in [0.15, 0.2) is 5.82 Å². The van der Waals surface area contributed by atoms with E-state index in [9.17, 15) is 0 Å². The van der Waals surface area contributed by atoms with Gasteiger partial charge in [0.1, 0.15) is 11.2 Å². The van der Waals surface area contributed by atoms with Gasteiger partial charge >= 0.3 is 0 Å². The Kier molecular flexibility index (Phi) is 6.69. The monoisotopic (exact) mass is 628 g/mol. The van der Waals surface area contributed by atoms with Gasteiger partial charge < -0.3 is 4.42 Å². The number of rotatable bonds is 6. The van der Waals surface area contributed by atoms with E-state index in [1.54, 1.807) is 6.08 Å². The molecule has 0 N–H and O–H groups in total. The van der Waals surface area contributed by atoms with Crippen LogP contribution in [0.4, 0.5) is 0 Å². The Labute approximate surface area is 282 Å². The Balaban J connectivity index is 1.10. The van der Waals surface area contributed by atoms with Crippen molar-refractivity contribution in [3.8, 4) is 33.8 Å². The summed E-state index contributed by atoms with van der Waals surface area (Å²) < 4.78 is 6.48. The second-order valence-electron chi connectivity index (χ2n) is 11.9. The van der Waals surface area contributed by atoms with E-state index in [0.29, 0.717) is 5.82 Å². The summed E-state index contributed by atoms with van der Waals surface area (Å²) in [4.78, 5) is 19.4. The van der Waals surface area contributed by atoms with Gasteiger partial charge in [0.05, 0.1) is 16.7 Å². The van der Waals surface area contributed by atoms with E-state index < -0.39 is 0 Å². The van der Waals surface area contributed by atoms with Crippen LogP contribution in [0.5, 0.6) is 0 Å². The van der Waals surface area contributed by atoms with Gasteiger partial charge in [-0.2, -0.15) is 0 Å². The molecule has 0 atom stereocenters. The van der Waals surface area contributed by atoms with Crippen molar-refractivity contribution in [3.05, 3.63) is 158 Å². The van der Waals surface area contributed by atoms with E-state index in [1.807, 2.05) is 61.1 Å². The minimum absolute atomic E-state index is 0.651. The number of fused-ring (bicyclic) bond motifs is 8. The van der Waals surface area contributed by atoms with Gasteiger partial charge in [-0.1, -0.05) is 116 Å². The summed E-state index contributed by atoms with van der Waals surface area (Å²) in [5.74, 6) is 0.651. The Morgan fingerprint density at radius 1 is 0.612 bits per heavy atom. The first-order chi connectivity index (χ1) is 24.2. The lowest BCUT2D eigenvalue weighted by Crippen LogP contribution is -1.94. The molecule has 9 rings (SSSR count). The van der Waals surface area contributed by atoms with Crippen molar-refractivity contribution in [2.24, 2.45) is 0 Å². The molecular formula is C44H28N4O. The van der Waals surface area contributed by atoms with Crippen LogP contribution in [0.1, 0.15) is 11.1 Å². The minimum atomic E-state index is 0.651. The lowest BCUT2D eigenvalue weighted by molar-refractivity contribution is 0.673. The van der Waals surface area contributed by atoms with Gasteiger partial charge in [-0.3, -0.25) is 4.98 Å². The topological polar surface area (TPSA) is 64.7 Å². The molecule has 0 saturated heterocycles. The summed E-state index contributed by atoms with van der Waals surface area (Å²) in [7, 11) is 0. The molecule has 5 nitrogen and oxygen atoms in total. The lowest BCUT2D eigenvalue weighted by atomic mass is 9.97. The Morgan fingerprint density at radius 2 is 1.35 bits per heavy atom. The molecule has 0 unspecified atom stereocenters. The molecule has 9 aromatic rings. The smallest absolute Gasteiger partial charge is 0.159 e. The molecule has 4 heterocycles. The molecule has 0 spiro atoms. The second kappa shape index (κ2) is 11.5. The molecule has 0 aliphatic rings. The molecule has 5 heteroatoms. The molecule has 49 heavy (non-hydrogen) atoms. The maximum atomic E-state index is 6.48. The van der Waals surface area contributed by atoms with Crippen LogP contribution in [0.25, 0.3) is 100 Å². The summed E-state index contributed by atoms with van der Waals surface area (Å²) in [6, 6.07) is 35.3. The number of hydrogen-bond acceptors (Lipinski definition) is 5. The van der Waals surface area contributed by atoms with Crippen LogP contribution in [-0.4, -0.2) is 19.9 Å². The van der Waals surface area contributed by atoms with Gasteiger partial charge in [0.25, 0.3) is 0 Å². The first kappa shape index (κ1) is 28.5. The van der Waals surface area contributed by atoms with Crippen molar-refractivity contribution < 1.29 is 4.42 Å². The van der Waals surface area contributed by atoms with Crippen molar-refractivity contribution in [1.82, 2.24) is 19.9 Å². The fourth-order valence-electron chi connectivity index (χ4n) is 6.87. The van der Waals surface area contributed by atoms with E-state index in [-0.39, 0.29) is 0 Å². The number of allylic oxidation sites excluding steroid dienone is 2. The SMILES string of the molecule is C=C/C=C\c1ccc2c(-c3cnc(-c4ccc(-c5nc6ccccc6c6c5ccc5c7ccccc7oc56)cc4)nc3)ccnc2c1C=C. The molecule has 0 amide bonds. The fourth-order valence-corrected chi connectivity index (χ4v) is 6.87. The molecule has 5 aromatic carbocycles. The van der Waals surface area contributed by atoms with Crippen molar-refractivity contribution in [1.29, 1.82) is 0 Å². The highest BCUT2D eigenvalue weighted by Crippen LogP contribution is 2.41. The third-order valence-electron chi connectivity index (χ3n) is 9.19. The molecular weight excluding hydrogens is 601 g/mol. The minimum Gasteiger partial charge on any atom is -0.455 e. The third kappa shape index (κ3) is 4.63. The van der Waals surface area contributed by atoms with Crippen LogP contribution < -0.4 is 0 Å². The first-order valence-corrected chi connectivity index (χ1v) is 16.1. The lowest BCUT2D eigenvalue weighted by Gasteiger charge is -2.12. The molecule has 0 fully saturated rings. The second-order valence-corrected chi connectivity index (χ2v) is 11.9. The van der Waals surface area contributed by atoms with Gasteiger partial charge in [0, 0.05) is 73.2 Å². The highest BCUT2D eigenvalue weighted by Gasteiger charge is 2.17. The number of nitrogens with zero attached hydrogens (tertiary/aromatic N) is 4. The Bertz CT molecular complexity index is 2790. The summed E-state index contributed by atoms with van der Waals surface area (Å²) in [6.45, 7) is 7.82. The number of hydrogen-bond donors (Lipinski definition) is 0. The Morgan fingerprint density at radius 3 is 2.16 bits per heavy atom. The summed E-state index contributed by atoms with van der Waals surface area (Å²) in [6.07, 6.45) is 13.1. The maximum absolute atomic E-state index is 6.48. The fraction of sp³-hybridized carbons (Fsp3) is 0. The highest BCUT2D eigenvalue weighted by molar-refractivity contribution is 6.24. The first-order valence-electron chi connectivity index (χ1n) is 16.1. The van der Waals surface area contributed by atoms with Crippen molar-refractivity contribution in [2.45, 2.75) is 0 Å². The van der Waals surface area contributed by atoms with Crippen LogP contribution in [0, 0.1) is 0 Å².